The van der Waals surface area contributed by atoms with Gasteiger partial charge in [-0.05, 0) is 17.7 Å². The van der Waals surface area contributed by atoms with Crippen molar-refractivity contribution in [1.82, 2.24) is 5.32 Å². The zero-order chi connectivity index (χ0) is 21.3. The Kier molecular flexibility index (Phi) is 7.93. The maximum atomic E-state index is 12.5. The second kappa shape index (κ2) is 10.8. The molecule has 0 aliphatic carbocycles. The molecule has 3 N–H and O–H groups in total. The first-order valence-corrected chi connectivity index (χ1v) is 10.4. The largest absolute Gasteiger partial charge is 0.493 e. The third-order valence-corrected chi connectivity index (χ3v) is 5.59. The molecule has 162 valence electrons. The van der Waals surface area contributed by atoms with Gasteiger partial charge in [-0.1, -0.05) is 30.3 Å². The number of hydrogen-bond acceptors (Lipinski definition) is 4. The van der Waals surface area contributed by atoms with Crippen LogP contribution in [0.1, 0.15) is 11.1 Å². The summed E-state index contributed by atoms with van der Waals surface area (Å²) >= 11 is 0. The molecule has 1 heterocycles. The van der Waals surface area contributed by atoms with Crippen LogP contribution in [0.25, 0.3) is 0 Å². The van der Waals surface area contributed by atoms with Crippen LogP contribution < -0.4 is 29.3 Å². The van der Waals surface area contributed by atoms with Crippen LogP contribution in [0.2, 0.25) is 0 Å². The van der Waals surface area contributed by atoms with E-state index in [2.05, 4.69) is 35.6 Å². The highest BCUT2D eigenvalue weighted by Gasteiger charge is 2.24. The summed E-state index contributed by atoms with van der Waals surface area (Å²) in [5.41, 5.74) is 2.28. The van der Waals surface area contributed by atoms with Gasteiger partial charge in [-0.3, -0.25) is 4.79 Å². The van der Waals surface area contributed by atoms with Gasteiger partial charge in [-0.25, -0.2) is 0 Å². The molecule has 0 atom stereocenters. The van der Waals surface area contributed by atoms with E-state index in [-0.39, 0.29) is 5.91 Å². The molecule has 0 aromatic heterocycles. The highest BCUT2D eigenvalue weighted by Crippen LogP contribution is 2.38. The van der Waals surface area contributed by atoms with Crippen molar-refractivity contribution in [2.45, 2.75) is 13.1 Å². The fraction of sp³-hybridized carbons (Fsp3) is 0.435. The van der Waals surface area contributed by atoms with Crippen LogP contribution >= 0.6 is 0 Å². The molecular weight excluding hydrogens is 382 g/mol. The zero-order valence-electron chi connectivity index (χ0n) is 18.1. The summed E-state index contributed by atoms with van der Waals surface area (Å²) in [5, 5.41) is 3.02. The molecule has 7 nitrogen and oxygen atoms in total. The monoisotopic (exact) mass is 415 g/mol. The molecule has 1 aliphatic heterocycles. The number of hydrogen-bond donors (Lipinski definition) is 3. The molecular formula is C23H33N3O4+2. The second-order valence-corrected chi connectivity index (χ2v) is 7.65. The summed E-state index contributed by atoms with van der Waals surface area (Å²) in [6, 6.07) is 14.3. The number of carbonyl (C=O) groups is 1. The minimum atomic E-state index is 0.0604. The first-order chi connectivity index (χ1) is 14.6. The Morgan fingerprint density at radius 3 is 2.03 bits per heavy atom. The average molecular weight is 416 g/mol. The number of methoxy groups -OCH3 is 3. The van der Waals surface area contributed by atoms with Crippen molar-refractivity contribution in [3.8, 4) is 17.2 Å². The number of quaternary nitrogens is 2. The van der Waals surface area contributed by atoms with Crippen molar-refractivity contribution in [3.05, 3.63) is 53.6 Å². The molecule has 1 saturated heterocycles. The molecule has 2 aromatic carbocycles. The number of benzene rings is 2. The fourth-order valence-corrected chi connectivity index (χ4v) is 3.92. The highest BCUT2D eigenvalue weighted by molar-refractivity contribution is 5.76. The predicted molar refractivity (Wildman–Crippen MR) is 114 cm³/mol. The van der Waals surface area contributed by atoms with Gasteiger partial charge in [0.1, 0.15) is 32.7 Å². The topological polar surface area (TPSA) is 65.7 Å². The Bertz CT molecular complexity index is 795. The quantitative estimate of drug-likeness (QED) is 0.508. The summed E-state index contributed by atoms with van der Waals surface area (Å²) in [5.74, 6) is 1.79. The van der Waals surface area contributed by atoms with Crippen molar-refractivity contribution in [1.29, 1.82) is 0 Å². The van der Waals surface area contributed by atoms with Crippen LogP contribution in [0.3, 0.4) is 0 Å². The van der Waals surface area contributed by atoms with E-state index in [4.69, 9.17) is 14.2 Å². The van der Waals surface area contributed by atoms with E-state index in [0.717, 1.165) is 38.3 Å². The van der Waals surface area contributed by atoms with E-state index in [0.29, 0.717) is 30.3 Å². The number of ether oxygens (including phenoxy) is 3. The standard InChI is InChI=1S/C23H31N3O4/c1-28-20-13-19(14-21(29-2)23(20)30-3)15-24-22(27)17-26-11-9-25(10-12-26)16-18-7-5-4-6-8-18/h4-8,13-14H,9-12,15-17H2,1-3H3,(H,24,27)/p+2. The summed E-state index contributed by atoms with van der Waals surface area (Å²) in [4.78, 5) is 15.4. The van der Waals surface area contributed by atoms with Gasteiger partial charge in [0, 0.05) is 12.1 Å². The van der Waals surface area contributed by atoms with Crippen LogP contribution in [-0.4, -0.2) is 60.0 Å². The first-order valence-electron chi connectivity index (χ1n) is 10.4. The molecule has 0 unspecified atom stereocenters. The van der Waals surface area contributed by atoms with E-state index >= 15 is 0 Å². The van der Waals surface area contributed by atoms with Crippen molar-refractivity contribution in [3.63, 3.8) is 0 Å². The van der Waals surface area contributed by atoms with Crippen LogP contribution in [0.5, 0.6) is 17.2 Å². The predicted octanol–water partition coefficient (Wildman–Crippen LogP) is -0.688. The van der Waals surface area contributed by atoms with Crippen LogP contribution in [0.15, 0.2) is 42.5 Å². The SMILES string of the molecule is COc1cc(CNC(=O)C[NH+]2CC[NH+](Cc3ccccc3)CC2)cc(OC)c1OC. The van der Waals surface area contributed by atoms with Crippen LogP contribution in [-0.2, 0) is 17.9 Å². The summed E-state index contributed by atoms with van der Waals surface area (Å²) in [6.07, 6.45) is 0. The Morgan fingerprint density at radius 2 is 1.47 bits per heavy atom. The Hall–Kier alpha value is -2.77. The molecule has 0 bridgehead atoms. The van der Waals surface area contributed by atoms with Gasteiger partial charge in [0.25, 0.3) is 5.91 Å². The minimum Gasteiger partial charge on any atom is -0.493 e. The van der Waals surface area contributed by atoms with Crippen molar-refractivity contribution in [2.24, 2.45) is 0 Å². The van der Waals surface area contributed by atoms with Gasteiger partial charge in [0.15, 0.2) is 18.0 Å². The molecule has 1 amide bonds. The van der Waals surface area contributed by atoms with Crippen molar-refractivity contribution in [2.75, 3.05) is 54.1 Å². The van der Waals surface area contributed by atoms with Gasteiger partial charge < -0.3 is 29.3 Å². The zero-order valence-corrected chi connectivity index (χ0v) is 18.1. The number of piperazine rings is 1. The molecule has 7 heteroatoms. The minimum absolute atomic E-state index is 0.0604. The maximum Gasteiger partial charge on any atom is 0.275 e. The van der Waals surface area contributed by atoms with E-state index in [9.17, 15) is 4.79 Å². The summed E-state index contributed by atoms with van der Waals surface area (Å²) in [6.45, 7) is 6.19. The summed E-state index contributed by atoms with van der Waals surface area (Å²) in [7, 11) is 4.75. The van der Waals surface area contributed by atoms with Crippen LogP contribution in [0, 0.1) is 0 Å². The van der Waals surface area contributed by atoms with E-state index in [1.807, 2.05) is 12.1 Å². The number of carbonyl (C=O) groups excluding carboxylic acids is 1. The molecule has 0 saturated carbocycles. The molecule has 2 aromatic rings. The van der Waals surface area contributed by atoms with Gasteiger partial charge in [-0.2, -0.15) is 0 Å². The normalized spacial score (nSPS) is 18.5. The van der Waals surface area contributed by atoms with Gasteiger partial charge in [0.2, 0.25) is 5.75 Å². The lowest BCUT2D eigenvalue weighted by Gasteiger charge is -2.29. The lowest BCUT2D eigenvalue weighted by molar-refractivity contribution is -1.02. The Morgan fingerprint density at radius 1 is 0.867 bits per heavy atom. The number of nitrogens with one attached hydrogen (secondary N) is 3. The lowest BCUT2D eigenvalue weighted by atomic mass is 10.1. The Labute approximate surface area is 178 Å². The smallest absolute Gasteiger partial charge is 0.275 e. The van der Waals surface area contributed by atoms with E-state index in [1.54, 1.807) is 26.2 Å². The van der Waals surface area contributed by atoms with E-state index in [1.165, 1.54) is 10.5 Å². The highest BCUT2D eigenvalue weighted by atomic mass is 16.5. The molecule has 0 spiro atoms. The molecule has 3 rings (SSSR count). The summed E-state index contributed by atoms with van der Waals surface area (Å²) < 4.78 is 16.1. The molecule has 1 fully saturated rings. The maximum absolute atomic E-state index is 12.5. The van der Waals surface area contributed by atoms with E-state index < -0.39 is 0 Å². The lowest BCUT2D eigenvalue weighted by Crippen LogP contribution is -3.28. The second-order valence-electron chi connectivity index (χ2n) is 7.65. The average Bonchev–Trinajstić information content (AvgIpc) is 2.78. The third-order valence-electron chi connectivity index (χ3n) is 5.59. The number of amides is 1. The molecule has 30 heavy (non-hydrogen) atoms. The Balaban J connectivity index is 1.45. The van der Waals surface area contributed by atoms with Gasteiger partial charge >= 0.3 is 0 Å². The fourth-order valence-electron chi connectivity index (χ4n) is 3.92. The van der Waals surface area contributed by atoms with Gasteiger partial charge in [-0.15, -0.1) is 0 Å². The third kappa shape index (κ3) is 5.87. The molecule has 0 radical (unpaired) electrons. The van der Waals surface area contributed by atoms with Gasteiger partial charge in [0.05, 0.1) is 21.3 Å². The first kappa shape index (κ1) is 21.9. The van der Waals surface area contributed by atoms with Crippen molar-refractivity contribution >= 4 is 5.91 Å². The van der Waals surface area contributed by atoms with Crippen LogP contribution in [0.4, 0.5) is 0 Å². The molecule has 1 aliphatic rings. The number of rotatable bonds is 9. The van der Waals surface area contributed by atoms with Crippen molar-refractivity contribution < 1.29 is 28.8 Å².